The Labute approximate surface area is 105 Å². The zero-order chi connectivity index (χ0) is 12.4. The zero-order valence-electron chi connectivity index (χ0n) is 9.74. The molecule has 1 aliphatic rings. The Morgan fingerprint density at radius 2 is 1.94 bits per heavy atom. The molecule has 0 amide bonds. The van der Waals surface area contributed by atoms with Crippen LogP contribution in [0.15, 0.2) is 43.0 Å². The van der Waals surface area contributed by atoms with E-state index in [2.05, 4.69) is 9.97 Å². The number of aromatic nitrogens is 2. The van der Waals surface area contributed by atoms with E-state index < -0.39 is 0 Å². The minimum Gasteiger partial charge on any atom is -0.490 e. The molecule has 0 radical (unpaired) electrons. The molecular formula is C14H12N2O2. The summed E-state index contributed by atoms with van der Waals surface area (Å²) in [7, 11) is 0. The van der Waals surface area contributed by atoms with Gasteiger partial charge in [-0.3, -0.25) is 4.79 Å². The van der Waals surface area contributed by atoms with Crippen LogP contribution in [0.2, 0.25) is 0 Å². The van der Waals surface area contributed by atoms with Crippen molar-refractivity contribution in [3.63, 3.8) is 0 Å². The third kappa shape index (κ3) is 2.37. The Balaban J connectivity index is 1.84. The van der Waals surface area contributed by atoms with Gasteiger partial charge in [0, 0.05) is 18.0 Å². The van der Waals surface area contributed by atoms with Gasteiger partial charge in [0.25, 0.3) is 0 Å². The van der Waals surface area contributed by atoms with E-state index in [1.54, 1.807) is 12.1 Å². The quantitative estimate of drug-likeness (QED) is 0.769. The number of rotatable bonds is 4. The monoisotopic (exact) mass is 240 g/mol. The van der Waals surface area contributed by atoms with Gasteiger partial charge < -0.3 is 4.74 Å². The van der Waals surface area contributed by atoms with Gasteiger partial charge in [-0.25, -0.2) is 9.97 Å². The molecule has 1 aromatic carbocycles. The molecule has 2 aromatic rings. The molecule has 1 fully saturated rings. The molecular weight excluding hydrogens is 228 g/mol. The Hall–Kier alpha value is -2.23. The number of ether oxygens (including phenoxy) is 1. The summed E-state index contributed by atoms with van der Waals surface area (Å²) < 4.78 is 5.67. The normalized spacial score (nSPS) is 14.2. The molecule has 4 heteroatoms. The SMILES string of the molecule is O=C(c1cncnc1)c1cccc(OC2CC2)c1. The summed E-state index contributed by atoms with van der Waals surface area (Å²) in [6.07, 6.45) is 6.97. The molecule has 4 nitrogen and oxygen atoms in total. The molecule has 0 N–H and O–H groups in total. The van der Waals surface area contributed by atoms with E-state index in [4.69, 9.17) is 4.74 Å². The van der Waals surface area contributed by atoms with Crippen molar-refractivity contribution in [3.05, 3.63) is 54.1 Å². The van der Waals surface area contributed by atoms with E-state index in [1.165, 1.54) is 18.7 Å². The van der Waals surface area contributed by atoms with Crippen LogP contribution in [0.5, 0.6) is 5.75 Å². The van der Waals surface area contributed by atoms with Crippen molar-refractivity contribution >= 4 is 5.78 Å². The molecule has 1 saturated carbocycles. The Morgan fingerprint density at radius 1 is 1.17 bits per heavy atom. The van der Waals surface area contributed by atoms with E-state index in [1.807, 2.05) is 12.1 Å². The molecule has 0 aliphatic heterocycles. The first kappa shape index (κ1) is 10.9. The van der Waals surface area contributed by atoms with Gasteiger partial charge in [0.15, 0.2) is 5.78 Å². The fraction of sp³-hybridized carbons (Fsp3) is 0.214. The number of hydrogen-bond acceptors (Lipinski definition) is 4. The highest BCUT2D eigenvalue weighted by atomic mass is 16.5. The van der Waals surface area contributed by atoms with Crippen molar-refractivity contribution in [1.82, 2.24) is 9.97 Å². The van der Waals surface area contributed by atoms with Crippen LogP contribution < -0.4 is 4.74 Å². The topological polar surface area (TPSA) is 52.1 Å². The smallest absolute Gasteiger partial charge is 0.196 e. The Bertz CT molecular complexity index is 565. The van der Waals surface area contributed by atoms with Crippen LogP contribution in [0.3, 0.4) is 0 Å². The fourth-order valence-corrected chi connectivity index (χ4v) is 1.67. The van der Waals surface area contributed by atoms with Crippen molar-refractivity contribution in [2.45, 2.75) is 18.9 Å². The number of carbonyl (C=O) groups excluding carboxylic acids is 1. The number of carbonyl (C=O) groups is 1. The van der Waals surface area contributed by atoms with Gasteiger partial charge in [0.1, 0.15) is 12.1 Å². The molecule has 0 atom stereocenters. The average molecular weight is 240 g/mol. The molecule has 1 aromatic heterocycles. The highest BCUT2D eigenvalue weighted by Gasteiger charge is 2.23. The summed E-state index contributed by atoms with van der Waals surface area (Å²) in [6.45, 7) is 0. The van der Waals surface area contributed by atoms with Gasteiger partial charge >= 0.3 is 0 Å². The van der Waals surface area contributed by atoms with E-state index in [9.17, 15) is 4.79 Å². The summed E-state index contributed by atoms with van der Waals surface area (Å²) in [5, 5.41) is 0. The lowest BCUT2D eigenvalue weighted by atomic mass is 10.1. The maximum atomic E-state index is 12.2. The number of nitrogens with zero attached hydrogens (tertiary/aromatic N) is 2. The van der Waals surface area contributed by atoms with Gasteiger partial charge in [0.2, 0.25) is 0 Å². The average Bonchev–Trinajstić information content (AvgIpc) is 3.23. The van der Waals surface area contributed by atoms with E-state index in [0.717, 1.165) is 18.6 Å². The second-order valence-electron chi connectivity index (χ2n) is 4.30. The molecule has 0 unspecified atom stereocenters. The molecule has 0 saturated heterocycles. The van der Waals surface area contributed by atoms with Crippen molar-refractivity contribution < 1.29 is 9.53 Å². The molecule has 90 valence electrons. The summed E-state index contributed by atoms with van der Waals surface area (Å²) in [6, 6.07) is 7.24. The summed E-state index contributed by atoms with van der Waals surface area (Å²) in [4.78, 5) is 19.9. The van der Waals surface area contributed by atoms with Crippen LogP contribution in [0.1, 0.15) is 28.8 Å². The van der Waals surface area contributed by atoms with Crippen LogP contribution in [0, 0.1) is 0 Å². The lowest BCUT2D eigenvalue weighted by Crippen LogP contribution is -2.03. The van der Waals surface area contributed by atoms with Crippen LogP contribution in [-0.4, -0.2) is 21.9 Å². The lowest BCUT2D eigenvalue weighted by molar-refractivity contribution is 0.103. The molecule has 3 rings (SSSR count). The Morgan fingerprint density at radius 3 is 2.67 bits per heavy atom. The number of hydrogen-bond donors (Lipinski definition) is 0. The first-order valence-corrected chi connectivity index (χ1v) is 5.89. The lowest BCUT2D eigenvalue weighted by Gasteiger charge is -2.06. The molecule has 0 spiro atoms. The third-order valence-corrected chi connectivity index (χ3v) is 2.75. The van der Waals surface area contributed by atoms with Gasteiger partial charge in [-0.15, -0.1) is 0 Å². The molecule has 1 heterocycles. The summed E-state index contributed by atoms with van der Waals surface area (Å²) in [5.41, 5.74) is 1.09. The van der Waals surface area contributed by atoms with Crippen molar-refractivity contribution in [3.8, 4) is 5.75 Å². The molecule has 18 heavy (non-hydrogen) atoms. The minimum atomic E-state index is -0.0863. The van der Waals surface area contributed by atoms with Gasteiger partial charge in [0.05, 0.1) is 11.7 Å². The fourth-order valence-electron chi connectivity index (χ4n) is 1.67. The van der Waals surface area contributed by atoms with Crippen LogP contribution >= 0.6 is 0 Å². The Kier molecular flexibility index (Phi) is 2.76. The predicted molar refractivity (Wildman–Crippen MR) is 65.6 cm³/mol. The van der Waals surface area contributed by atoms with Crippen LogP contribution in [-0.2, 0) is 0 Å². The van der Waals surface area contributed by atoms with E-state index in [-0.39, 0.29) is 5.78 Å². The maximum absolute atomic E-state index is 12.2. The second-order valence-corrected chi connectivity index (χ2v) is 4.30. The summed E-state index contributed by atoms with van der Waals surface area (Å²) in [5.74, 6) is 0.664. The van der Waals surface area contributed by atoms with Gasteiger partial charge in [-0.2, -0.15) is 0 Å². The summed E-state index contributed by atoms with van der Waals surface area (Å²) >= 11 is 0. The van der Waals surface area contributed by atoms with Crippen molar-refractivity contribution in [1.29, 1.82) is 0 Å². The van der Waals surface area contributed by atoms with Gasteiger partial charge in [-0.05, 0) is 25.0 Å². The van der Waals surface area contributed by atoms with Crippen LogP contribution in [0.4, 0.5) is 0 Å². The molecule has 1 aliphatic carbocycles. The maximum Gasteiger partial charge on any atom is 0.196 e. The first-order valence-electron chi connectivity index (χ1n) is 5.89. The van der Waals surface area contributed by atoms with Crippen molar-refractivity contribution in [2.75, 3.05) is 0 Å². The van der Waals surface area contributed by atoms with Crippen molar-refractivity contribution in [2.24, 2.45) is 0 Å². The molecule has 0 bridgehead atoms. The van der Waals surface area contributed by atoms with Crippen LogP contribution in [0.25, 0.3) is 0 Å². The third-order valence-electron chi connectivity index (χ3n) is 2.75. The number of ketones is 1. The highest BCUT2D eigenvalue weighted by Crippen LogP contribution is 2.27. The van der Waals surface area contributed by atoms with E-state index >= 15 is 0 Å². The number of benzene rings is 1. The first-order chi connectivity index (χ1) is 8.83. The predicted octanol–water partition coefficient (Wildman–Crippen LogP) is 2.25. The highest BCUT2D eigenvalue weighted by molar-refractivity contribution is 6.08. The largest absolute Gasteiger partial charge is 0.490 e. The van der Waals surface area contributed by atoms with E-state index in [0.29, 0.717) is 17.2 Å². The van der Waals surface area contributed by atoms with Gasteiger partial charge in [-0.1, -0.05) is 12.1 Å². The second kappa shape index (κ2) is 4.56. The standard InChI is InChI=1S/C14H12N2O2/c17-14(11-7-15-9-16-8-11)10-2-1-3-13(6-10)18-12-4-5-12/h1-3,6-9,12H,4-5H2. The zero-order valence-corrected chi connectivity index (χ0v) is 9.74. The minimum absolute atomic E-state index is 0.0863.